The second-order valence-electron chi connectivity index (χ2n) is 6.48. The fourth-order valence-electron chi connectivity index (χ4n) is 3.50. The predicted octanol–water partition coefficient (Wildman–Crippen LogP) is 1.84. The second kappa shape index (κ2) is 6.33. The number of fused-ring (bicyclic) bond motifs is 1. The minimum absolute atomic E-state index is 0.114. The molecule has 3 aromatic rings. The summed E-state index contributed by atoms with van der Waals surface area (Å²) in [5.74, 6) is -0.325. The maximum absolute atomic E-state index is 14.1. The standard InChI is InChI=1S/C18H20FN5O/c19-14-6-2-1-4-12(14)10-24-16-15(23-9-3-5-13(20)11-23)7-8-21-17(16)22-18(24)25/h1-2,4,6-8,13H,3,5,9-11,20H2,(H,21,22,25)/t13-/m1/s1. The third-order valence-corrected chi connectivity index (χ3v) is 4.73. The van der Waals surface area contributed by atoms with E-state index >= 15 is 0 Å². The molecule has 1 atom stereocenters. The Hall–Kier alpha value is -2.67. The van der Waals surface area contributed by atoms with Gasteiger partial charge in [0.25, 0.3) is 0 Å². The molecule has 0 amide bonds. The molecule has 130 valence electrons. The molecule has 0 aliphatic carbocycles. The summed E-state index contributed by atoms with van der Waals surface area (Å²) >= 11 is 0. The van der Waals surface area contributed by atoms with Crippen LogP contribution < -0.4 is 16.3 Å². The molecule has 0 unspecified atom stereocenters. The summed E-state index contributed by atoms with van der Waals surface area (Å²) in [4.78, 5) is 21.7. The monoisotopic (exact) mass is 341 g/mol. The van der Waals surface area contributed by atoms with Gasteiger partial charge in [0.05, 0.1) is 12.2 Å². The lowest BCUT2D eigenvalue weighted by molar-refractivity contribution is 0.506. The molecular weight excluding hydrogens is 321 g/mol. The highest BCUT2D eigenvalue weighted by Gasteiger charge is 2.22. The molecule has 7 heteroatoms. The highest BCUT2D eigenvalue weighted by atomic mass is 19.1. The van der Waals surface area contributed by atoms with E-state index in [1.807, 2.05) is 6.07 Å². The first kappa shape index (κ1) is 15.8. The van der Waals surface area contributed by atoms with Crippen molar-refractivity contribution < 1.29 is 4.39 Å². The molecule has 1 aliphatic heterocycles. The van der Waals surface area contributed by atoms with Gasteiger partial charge in [-0.1, -0.05) is 18.2 Å². The first-order valence-corrected chi connectivity index (χ1v) is 8.45. The van der Waals surface area contributed by atoms with Crippen molar-refractivity contribution >= 4 is 16.9 Å². The summed E-state index contributed by atoms with van der Waals surface area (Å²) in [6, 6.07) is 8.50. The van der Waals surface area contributed by atoms with E-state index in [1.165, 1.54) is 6.07 Å². The van der Waals surface area contributed by atoms with Crippen LogP contribution in [-0.2, 0) is 6.54 Å². The van der Waals surface area contributed by atoms with Crippen LogP contribution in [-0.4, -0.2) is 33.7 Å². The predicted molar refractivity (Wildman–Crippen MR) is 95.3 cm³/mol. The summed E-state index contributed by atoms with van der Waals surface area (Å²) in [6.07, 6.45) is 3.69. The van der Waals surface area contributed by atoms with Crippen LogP contribution in [0.15, 0.2) is 41.3 Å². The molecule has 1 saturated heterocycles. The van der Waals surface area contributed by atoms with E-state index in [9.17, 15) is 9.18 Å². The zero-order chi connectivity index (χ0) is 17.4. The zero-order valence-electron chi connectivity index (χ0n) is 13.8. The third kappa shape index (κ3) is 2.91. The van der Waals surface area contributed by atoms with Crippen molar-refractivity contribution in [2.75, 3.05) is 18.0 Å². The lowest BCUT2D eigenvalue weighted by Crippen LogP contribution is -2.43. The number of hydrogen-bond acceptors (Lipinski definition) is 4. The molecule has 0 saturated carbocycles. The van der Waals surface area contributed by atoms with Gasteiger partial charge in [-0.25, -0.2) is 14.2 Å². The summed E-state index contributed by atoms with van der Waals surface area (Å²) in [7, 11) is 0. The number of piperidine rings is 1. The Balaban J connectivity index is 1.83. The van der Waals surface area contributed by atoms with Crippen LogP contribution in [0.3, 0.4) is 0 Å². The Bertz CT molecular complexity index is 963. The third-order valence-electron chi connectivity index (χ3n) is 4.73. The molecular formula is C18H20FN5O. The fourth-order valence-corrected chi connectivity index (χ4v) is 3.50. The molecule has 4 rings (SSSR count). The number of aromatic amines is 1. The number of anilines is 1. The second-order valence-corrected chi connectivity index (χ2v) is 6.48. The van der Waals surface area contributed by atoms with Gasteiger partial charge in [-0.2, -0.15) is 0 Å². The molecule has 1 fully saturated rings. The number of aromatic nitrogens is 3. The number of hydrogen-bond donors (Lipinski definition) is 2. The Labute approximate surface area is 144 Å². The average Bonchev–Trinajstić information content (AvgIpc) is 2.92. The number of H-pyrrole nitrogens is 1. The van der Waals surface area contributed by atoms with E-state index in [1.54, 1.807) is 29.0 Å². The summed E-state index contributed by atoms with van der Waals surface area (Å²) in [5.41, 5.74) is 8.41. The lowest BCUT2D eigenvalue weighted by atomic mass is 10.1. The van der Waals surface area contributed by atoms with E-state index in [0.29, 0.717) is 16.7 Å². The minimum atomic E-state index is -0.325. The first-order chi connectivity index (χ1) is 12.1. The van der Waals surface area contributed by atoms with E-state index < -0.39 is 0 Å². The molecule has 3 N–H and O–H groups in total. The molecule has 3 heterocycles. The van der Waals surface area contributed by atoms with Crippen molar-refractivity contribution in [3.05, 3.63) is 58.4 Å². The van der Waals surface area contributed by atoms with Crippen LogP contribution in [0.4, 0.5) is 10.1 Å². The van der Waals surface area contributed by atoms with Gasteiger partial charge in [0.15, 0.2) is 5.65 Å². The minimum Gasteiger partial charge on any atom is -0.368 e. The molecule has 1 aromatic carbocycles. The number of pyridine rings is 1. The average molecular weight is 341 g/mol. The Morgan fingerprint density at radius 2 is 2.16 bits per heavy atom. The number of benzene rings is 1. The Morgan fingerprint density at radius 1 is 1.32 bits per heavy atom. The Kier molecular flexibility index (Phi) is 4.01. The number of rotatable bonds is 3. The zero-order valence-corrected chi connectivity index (χ0v) is 13.8. The van der Waals surface area contributed by atoms with Crippen molar-refractivity contribution in [1.29, 1.82) is 0 Å². The normalized spacial score (nSPS) is 18.0. The van der Waals surface area contributed by atoms with Crippen LogP contribution in [0.2, 0.25) is 0 Å². The van der Waals surface area contributed by atoms with Gasteiger partial charge in [-0.3, -0.25) is 9.55 Å². The van der Waals surface area contributed by atoms with E-state index in [4.69, 9.17) is 5.73 Å². The fraction of sp³-hybridized carbons (Fsp3) is 0.333. The van der Waals surface area contributed by atoms with E-state index in [0.717, 1.165) is 31.6 Å². The van der Waals surface area contributed by atoms with Crippen molar-refractivity contribution in [1.82, 2.24) is 14.5 Å². The van der Waals surface area contributed by atoms with Crippen molar-refractivity contribution in [3.8, 4) is 0 Å². The maximum atomic E-state index is 14.1. The molecule has 0 radical (unpaired) electrons. The summed E-state index contributed by atoms with van der Waals surface area (Å²) in [6.45, 7) is 1.77. The smallest absolute Gasteiger partial charge is 0.328 e. The summed E-state index contributed by atoms with van der Waals surface area (Å²) < 4.78 is 15.6. The number of imidazole rings is 1. The first-order valence-electron chi connectivity index (χ1n) is 8.45. The number of halogens is 1. The Morgan fingerprint density at radius 3 is 2.96 bits per heavy atom. The number of nitrogens with one attached hydrogen (secondary N) is 1. The lowest BCUT2D eigenvalue weighted by Gasteiger charge is -2.33. The van der Waals surface area contributed by atoms with Crippen LogP contribution in [0, 0.1) is 5.82 Å². The van der Waals surface area contributed by atoms with Crippen LogP contribution in [0.5, 0.6) is 0 Å². The van der Waals surface area contributed by atoms with Crippen molar-refractivity contribution in [2.45, 2.75) is 25.4 Å². The van der Waals surface area contributed by atoms with Gasteiger partial charge in [-0.15, -0.1) is 0 Å². The summed E-state index contributed by atoms with van der Waals surface area (Å²) in [5, 5.41) is 0. The van der Waals surface area contributed by atoms with Gasteiger partial charge in [0.2, 0.25) is 0 Å². The van der Waals surface area contributed by atoms with Gasteiger partial charge >= 0.3 is 5.69 Å². The van der Waals surface area contributed by atoms with Crippen molar-refractivity contribution in [2.24, 2.45) is 5.73 Å². The van der Waals surface area contributed by atoms with Gasteiger partial charge in [-0.05, 0) is 25.0 Å². The van der Waals surface area contributed by atoms with Crippen LogP contribution in [0.25, 0.3) is 11.2 Å². The topological polar surface area (TPSA) is 79.9 Å². The van der Waals surface area contributed by atoms with E-state index in [2.05, 4.69) is 14.9 Å². The molecule has 25 heavy (non-hydrogen) atoms. The van der Waals surface area contributed by atoms with Gasteiger partial charge in [0.1, 0.15) is 11.3 Å². The van der Waals surface area contributed by atoms with Gasteiger partial charge < -0.3 is 10.6 Å². The molecule has 2 aromatic heterocycles. The SMILES string of the molecule is N[C@@H]1CCCN(c2ccnc3[nH]c(=O)n(Cc4ccccc4F)c23)C1. The maximum Gasteiger partial charge on any atom is 0.328 e. The van der Waals surface area contributed by atoms with Crippen LogP contribution >= 0.6 is 0 Å². The molecule has 0 spiro atoms. The molecule has 0 bridgehead atoms. The highest BCUT2D eigenvalue weighted by Crippen LogP contribution is 2.27. The number of nitrogens with two attached hydrogens (primary N) is 1. The number of nitrogens with zero attached hydrogens (tertiary/aromatic N) is 3. The van der Waals surface area contributed by atoms with Gasteiger partial charge in [0, 0.05) is 30.9 Å². The largest absolute Gasteiger partial charge is 0.368 e. The van der Waals surface area contributed by atoms with Crippen LogP contribution in [0.1, 0.15) is 18.4 Å². The van der Waals surface area contributed by atoms with E-state index in [-0.39, 0.29) is 24.1 Å². The quantitative estimate of drug-likeness (QED) is 0.762. The molecule has 6 nitrogen and oxygen atoms in total. The highest BCUT2D eigenvalue weighted by molar-refractivity contribution is 5.86. The molecule has 1 aliphatic rings. The van der Waals surface area contributed by atoms with Crippen molar-refractivity contribution in [3.63, 3.8) is 0 Å².